The second-order valence-electron chi connectivity index (χ2n) is 5.05. The van der Waals surface area contributed by atoms with Crippen LogP contribution in [0.3, 0.4) is 0 Å². The molecule has 7 heteroatoms. The predicted octanol–water partition coefficient (Wildman–Crippen LogP) is 1.79. The van der Waals surface area contributed by atoms with E-state index in [0.717, 1.165) is 12.0 Å². The summed E-state index contributed by atoms with van der Waals surface area (Å²) in [4.78, 5) is 11.8. The van der Waals surface area contributed by atoms with E-state index in [1.807, 2.05) is 13.8 Å². The summed E-state index contributed by atoms with van der Waals surface area (Å²) in [5, 5.41) is 9.60. The van der Waals surface area contributed by atoms with E-state index in [4.69, 9.17) is 8.92 Å². The number of carbonyl (C=O) groups is 1. The molecule has 2 unspecified atom stereocenters. The molecule has 0 radical (unpaired) electrons. The number of hydrogen-bond donors (Lipinski definition) is 1. The van der Waals surface area contributed by atoms with Crippen molar-refractivity contribution in [2.75, 3.05) is 6.61 Å². The molecule has 1 aromatic rings. The molecular formula is C15H22O6S. The van der Waals surface area contributed by atoms with Crippen LogP contribution in [0.25, 0.3) is 0 Å². The van der Waals surface area contributed by atoms with Gasteiger partial charge in [-0.3, -0.25) is 0 Å². The van der Waals surface area contributed by atoms with Gasteiger partial charge >= 0.3 is 5.97 Å². The lowest BCUT2D eigenvalue weighted by Gasteiger charge is -2.18. The van der Waals surface area contributed by atoms with Crippen LogP contribution >= 0.6 is 0 Å². The van der Waals surface area contributed by atoms with Crippen molar-refractivity contribution in [3.8, 4) is 0 Å². The van der Waals surface area contributed by atoms with Crippen molar-refractivity contribution in [1.82, 2.24) is 0 Å². The Kier molecular flexibility index (Phi) is 6.99. The molecule has 0 aromatic heterocycles. The third-order valence-corrected chi connectivity index (χ3v) is 4.26. The number of benzene rings is 1. The van der Waals surface area contributed by atoms with E-state index in [0.29, 0.717) is 6.42 Å². The summed E-state index contributed by atoms with van der Waals surface area (Å²) in [5.74, 6) is -0.890. The Labute approximate surface area is 131 Å². The number of aliphatic hydroxyl groups excluding tert-OH is 1. The maximum absolute atomic E-state index is 12.2. The van der Waals surface area contributed by atoms with Crippen LogP contribution < -0.4 is 0 Å². The average molecular weight is 330 g/mol. The summed E-state index contributed by atoms with van der Waals surface area (Å²) in [6.45, 7) is 5.18. The van der Waals surface area contributed by atoms with Gasteiger partial charge in [-0.05, 0) is 32.4 Å². The molecule has 0 saturated carbocycles. The van der Waals surface area contributed by atoms with Gasteiger partial charge in [0.05, 0.1) is 17.6 Å². The highest BCUT2D eigenvalue weighted by molar-refractivity contribution is 7.86. The maximum Gasteiger partial charge on any atom is 0.339 e. The highest BCUT2D eigenvalue weighted by Gasteiger charge is 2.32. The van der Waals surface area contributed by atoms with Crippen molar-refractivity contribution < 1.29 is 27.2 Å². The van der Waals surface area contributed by atoms with Gasteiger partial charge in [0.25, 0.3) is 10.1 Å². The minimum Gasteiger partial charge on any atom is -0.464 e. The molecule has 1 rings (SSSR count). The molecule has 0 aliphatic rings. The first kappa shape index (κ1) is 18.6. The van der Waals surface area contributed by atoms with Crippen molar-refractivity contribution in [1.29, 1.82) is 0 Å². The first-order chi connectivity index (χ1) is 10.3. The summed E-state index contributed by atoms with van der Waals surface area (Å²) in [6.07, 6.45) is -1.41. The zero-order valence-electron chi connectivity index (χ0n) is 13.0. The molecule has 0 spiro atoms. The average Bonchev–Trinajstić information content (AvgIpc) is 2.45. The standard InChI is InChI=1S/C15H22O6S/c1-4-5-10-20-15(17)14(12(3)16)21-22(18,19)13-8-6-11(2)7-9-13/h6-9,12,14,16H,4-5,10H2,1-3H3. The summed E-state index contributed by atoms with van der Waals surface area (Å²) in [7, 11) is -4.16. The van der Waals surface area contributed by atoms with Crippen LogP contribution in [0.2, 0.25) is 0 Å². The third-order valence-electron chi connectivity index (χ3n) is 2.95. The Hall–Kier alpha value is -1.44. The topological polar surface area (TPSA) is 89.9 Å². The zero-order chi connectivity index (χ0) is 16.8. The highest BCUT2D eigenvalue weighted by atomic mass is 32.2. The first-order valence-corrected chi connectivity index (χ1v) is 8.53. The van der Waals surface area contributed by atoms with Crippen LogP contribution in [0.4, 0.5) is 0 Å². The Bertz CT molecular complexity index is 577. The quantitative estimate of drug-likeness (QED) is 0.444. The lowest BCUT2D eigenvalue weighted by Crippen LogP contribution is -2.38. The van der Waals surface area contributed by atoms with Crippen molar-refractivity contribution in [3.05, 3.63) is 29.8 Å². The largest absolute Gasteiger partial charge is 0.464 e. The second kappa shape index (κ2) is 8.26. The molecular weight excluding hydrogens is 308 g/mol. The van der Waals surface area contributed by atoms with E-state index < -0.39 is 28.3 Å². The Morgan fingerprint density at radius 1 is 1.27 bits per heavy atom. The van der Waals surface area contributed by atoms with Crippen LogP contribution in [0, 0.1) is 6.92 Å². The Morgan fingerprint density at radius 2 is 1.86 bits per heavy atom. The van der Waals surface area contributed by atoms with Crippen molar-refractivity contribution in [3.63, 3.8) is 0 Å². The Morgan fingerprint density at radius 3 is 2.36 bits per heavy atom. The van der Waals surface area contributed by atoms with E-state index in [1.165, 1.54) is 19.1 Å². The van der Waals surface area contributed by atoms with Crippen molar-refractivity contribution in [2.24, 2.45) is 0 Å². The fraction of sp³-hybridized carbons (Fsp3) is 0.533. The Balaban J connectivity index is 2.85. The van der Waals surface area contributed by atoms with Gasteiger partial charge in [-0.1, -0.05) is 31.0 Å². The van der Waals surface area contributed by atoms with Crippen LogP contribution in [-0.2, 0) is 23.8 Å². The van der Waals surface area contributed by atoms with Gasteiger partial charge in [0, 0.05) is 0 Å². The minimum atomic E-state index is -4.16. The van der Waals surface area contributed by atoms with E-state index in [1.54, 1.807) is 12.1 Å². The predicted molar refractivity (Wildman–Crippen MR) is 80.8 cm³/mol. The lowest BCUT2D eigenvalue weighted by molar-refractivity contribution is -0.156. The minimum absolute atomic E-state index is 0.0786. The van der Waals surface area contributed by atoms with Crippen LogP contribution in [0.1, 0.15) is 32.3 Å². The van der Waals surface area contributed by atoms with Crippen molar-refractivity contribution in [2.45, 2.75) is 50.7 Å². The molecule has 22 heavy (non-hydrogen) atoms. The second-order valence-corrected chi connectivity index (χ2v) is 6.62. The van der Waals surface area contributed by atoms with Crippen LogP contribution in [-0.4, -0.2) is 38.3 Å². The van der Waals surface area contributed by atoms with Gasteiger partial charge in [0.1, 0.15) is 0 Å². The van der Waals surface area contributed by atoms with Gasteiger partial charge in [-0.25, -0.2) is 8.98 Å². The number of aryl methyl sites for hydroxylation is 1. The number of rotatable bonds is 8. The summed E-state index contributed by atoms with van der Waals surface area (Å²) < 4.78 is 34.1. The molecule has 0 aliphatic heterocycles. The molecule has 1 aromatic carbocycles. The van der Waals surface area contributed by atoms with Crippen LogP contribution in [0.15, 0.2) is 29.2 Å². The van der Waals surface area contributed by atoms with Crippen LogP contribution in [0.5, 0.6) is 0 Å². The summed E-state index contributed by atoms with van der Waals surface area (Å²) >= 11 is 0. The maximum atomic E-state index is 12.2. The normalized spacial score (nSPS) is 14.4. The van der Waals surface area contributed by atoms with E-state index in [2.05, 4.69) is 0 Å². The molecule has 0 amide bonds. The molecule has 0 fully saturated rings. The molecule has 2 atom stereocenters. The van der Waals surface area contributed by atoms with E-state index in [-0.39, 0.29) is 11.5 Å². The monoisotopic (exact) mass is 330 g/mol. The van der Waals surface area contributed by atoms with Gasteiger partial charge in [-0.15, -0.1) is 0 Å². The van der Waals surface area contributed by atoms with Gasteiger partial charge in [-0.2, -0.15) is 8.42 Å². The van der Waals surface area contributed by atoms with Gasteiger partial charge in [0.15, 0.2) is 6.10 Å². The fourth-order valence-corrected chi connectivity index (χ4v) is 2.71. The smallest absolute Gasteiger partial charge is 0.339 e. The SMILES string of the molecule is CCCCOC(=O)C(OS(=O)(=O)c1ccc(C)cc1)C(C)O. The fourth-order valence-electron chi connectivity index (χ4n) is 1.61. The molecule has 6 nitrogen and oxygen atoms in total. The highest BCUT2D eigenvalue weighted by Crippen LogP contribution is 2.17. The number of carbonyl (C=O) groups excluding carboxylic acids is 1. The lowest BCUT2D eigenvalue weighted by atomic mass is 10.2. The number of ether oxygens (including phenoxy) is 1. The molecule has 0 aliphatic carbocycles. The number of aliphatic hydroxyl groups is 1. The summed E-state index contributed by atoms with van der Waals surface area (Å²) in [6, 6.07) is 6.00. The van der Waals surface area contributed by atoms with Gasteiger partial charge in [0.2, 0.25) is 0 Å². The molecule has 124 valence electrons. The molecule has 0 saturated heterocycles. The number of hydrogen-bond acceptors (Lipinski definition) is 6. The third kappa shape index (κ3) is 5.40. The molecule has 0 heterocycles. The van der Waals surface area contributed by atoms with E-state index >= 15 is 0 Å². The number of unbranched alkanes of at least 4 members (excludes halogenated alkanes) is 1. The molecule has 0 bridgehead atoms. The number of esters is 1. The van der Waals surface area contributed by atoms with E-state index in [9.17, 15) is 18.3 Å². The summed E-state index contributed by atoms with van der Waals surface area (Å²) in [5.41, 5.74) is 0.894. The van der Waals surface area contributed by atoms with Gasteiger partial charge < -0.3 is 9.84 Å². The molecule has 1 N–H and O–H groups in total. The zero-order valence-corrected chi connectivity index (χ0v) is 13.8. The van der Waals surface area contributed by atoms with Crippen molar-refractivity contribution >= 4 is 16.1 Å². The first-order valence-electron chi connectivity index (χ1n) is 7.12.